The summed E-state index contributed by atoms with van der Waals surface area (Å²) in [5.41, 5.74) is 9.91. The minimum Gasteiger partial charge on any atom is -0.365 e. The molecule has 164 valence electrons. The van der Waals surface area contributed by atoms with Crippen LogP contribution in [0.4, 0.5) is 23.1 Å². The Kier molecular flexibility index (Phi) is 5.52. The number of benzene rings is 2. The monoisotopic (exact) mass is 430 g/mol. The van der Waals surface area contributed by atoms with E-state index < -0.39 is 5.91 Å². The summed E-state index contributed by atoms with van der Waals surface area (Å²) in [7, 11) is 0. The van der Waals surface area contributed by atoms with Gasteiger partial charge in [0.15, 0.2) is 0 Å². The second kappa shape index (κ2) is 8.30. The van der Waals surface area contributed by atoms with E-state index in [2.05, 4.69) is 52.8 Å². The first-order valence-electron chi connectivity index (χ1n) is 10.4. The average molecular weight is 431 g/mol. The van der Waals surface area contributed by atoms with Gasteiger partial charge in [-0.25, -0.2) is 4.98 Å². The Morgan fingerprint density at radius 1 is 1.12 bits per heavy atom. The number of anilines is 4. The largest absolute Gasteiger partial charge is 0.365 e. The van der Waals surface area contributed by atoms with E-state index in [0.717, 1.165) is 11.3 Å². The molecule has 4 rings (SSSR count). The van der Waals surface area contributed by atoms with Gasteiger partial charge in [0.2, 0.25) is 5.95 Å². The van der Waals surface area contributed by atoms with Crippen LogP contribution in [0.5, 0.6) is 0 Å². The first-order valence-corrected chi connectivity index (χ1v) is 10.4. The number of nitrogens with zero attached hydrogens (tertiary/aromatic N) is 2. The van der Waals surface area contributed by atoms with Gasteiger partial charge in [-0.2, -0.15) is 4.98 Å². The lowest BCUT2D eigenvalue weighted by molar-refractivity contribution is 0.0944. The highest BCUT2D eigenvalue weighted by Crippen LogP contribution is 2.29. The maximum absolute atomic E-state index is 12.2. The molecule has 32 heavy (non-hydrogen) atoms. The molecule has 0 spiro atoms. The van der Waals surface area contributed by atoms with Crippen LogP contribution in [0.2, 0.25) is 0 Å². The Balaban J connectivity index is 1.68. The molecule has 3 aromatic rings. The van der Waals surface area contributed by atoms with E-state index in [-0.39, 0.29) is 22.7 Å². The van der Waals surface area contributed by atoms with Crippen molar-refractivity contribution in [3.8, 4) is 0 Å². The molecule has 0 radical (unpaired) electrons. The molecule has 5 N–H and O–H groups in total. The quantitative estimate of drug-likeness (QED) is 0.490. The zero-order valence-electron chi connectivity index (χ0n) is 18.3. The van der Waals surface area contributed by atoms with Crippen LogP contribution < -0.4 is 21.7 Å². The molecular formula is C24H26N6O2. The van der Waals surface area contributed by atoms with Gasteiger partial charge in [0.05, 0.1) is 0 Å². The Labute approximate surface area is 186 Å². The summed E-state index contributed by atoms with van der Waals surface area (Å²) >= 11 is 0. The number of nitrogens with one attached hydrogen (secondary N) is 3. The third-order valence-electron chi connectivity index (χ3n) is 5.37. The smallest absolute Gasteiger partial charge is 0.254 e. The summed E-state index contributed by atoms with van der Waals surface area (Å²) in [5, 5.41) is 9.23. The van der Waals surface area contributed by atoms with Crippen molar-refractivity contribution in [3.05, 3.63) is 70.9 Å². The second-order valence-electron chi connectivity index (χ2n) is 8.74. The van der Waals surface area contributed by atoms with Crippen LogP contribution in [0.15, 0.2) is 48.7 Å². The maximum atomic E-state index is 12.2. The standard InChI is InChI=1S/C24H26N6O2/c1-24(2,3)14-6-4-7-15(12-14)28-23-27-13-18(20(25)31)21(30-23)29-19-9-5-8-17-16(19)10-11-26-22(17)32/h4-9,12-13H,10-11H2,1-3H3,(H2,25,31)(H,26,32)(H2,27,28,29,30). The zero-order chi connectivity index (χ0) is 22.9. The molecular weight excluding hydrogens is 404 g/mol. The number of amides is 2. The first kappa shape index (κ1) is 21.3. The summed E-state index contributed by atoms with van der Waals surface area (Å²) in [6.07, 6.45) is 2.07. The molecule has 0 unspecified atom stereocenters. The zero-order valence-corrected chi connectivity index (χ0v) is 18.3. The van der Waals surface area contributed by atoms with Crippen LogP contribution in [-0.2, 0) is 11.8 Å². The summed E-state index contributed by atoms with van der Waals surface area (Å²) in [6.45, 7) is 6.99. The number of hydrogen-bond acceptors (Lipinski definition) is 6. The van der Waals surface area contributed by atoms with Crippen LogP contribution in [0, 0.1) is 0 Å². The van der Waals surface area contributed by atoms with Crippen molar-refractivity contribution in [1.82, 2.24) is 15.3 Å². The molecule has 0 saturated carbocycles. The third kappa shape index (κ3) is 4.39. The van der Waals surface area contributed by atoms with Crippen molar-refractivity contribution in [2.75, 3.05) is 17.2 Å². The third-order valence-corrected chi connectivity index (χ3v) is 5.37. The van der Waals surface area contributed by atoms with Crippen molar-refractivity contribution < 1.29 is 9.59 Å². The molecule has 0 aliphatic carbocycles. The molecule has 1 aliphatic heterocycles. The fourth-order valence-corrected chi connectivity index (χ4v) is 3.62. The normalized spacial score (nSPS) is 13.2. The number of nitrogens with two attached hydrogens (primary N) is 1. The minimum atomic E-state index is -0.642. The maximum Gasteiger partial charge on any atom is 0.254 e. The predicted molar refractivity (Wildman–Crippen MR) is 125 cm³/mol. The van der Waals surface area contributed by atoms with Crippen molar-refractivity contribution in [1.29, 1.82) is 0 Å². The van der Waals surface area contributed by atoms with Gasteiger partial charge in [-0.05, 0) is 47.2 Å². The van der Waals surface area contributed by atoms with Crippen LogP contribution >= 0.6 is 0 Å². The predicted octanol–water partition coefficient (Wildman–Crippen LogP) is 3.65. The SMILES string of the molecule is CC(C)(C)c1cccc(Nc2ncc(C(N)=O)c(Nc3cccc4c3CCNC4=O)n2)c1. The van der Waals surface area contributed by atoms with Crippen LogP contribution in [0.25, 0.3) is 0 Å². The molecule has 1 aromatic heterocycles. The van der Waals surface area contributed by atoms with E-state index >= 15 is 0 Å². The van der Waals surface area contributed by atoms with Gasteiger partial charge in [-0.3, -0.25) is 9.59 Å². The molecule has 2 heterocycles. The number of carbonyl (C=O) groups is 2. The Bertz CT molecular complexity index is 1200. The van der Waals surface area contributed by atoms with Crippen molar-refractivity contribution in [3.63, 3.8) is 0 Å². The van der Waals surface area contributed by atoms with Gasteiger partial charge in [0.1, 0.15) is 11.4 Å². The van der Waals surface area contributed by atoms with Crippen molar-refractivity contribution in [2.24, 2.45) is 5.73 Å². The van der Waals surface area contributed by atoms with Gasteiger partial charge >= 0.3 is 0 Å². The number of rotatable bonds is 5. The fourth-order valence-electron chi connectivity index (χ4n) is 3.62. The van der Waals surface area contributed by atoms with Gasteiger partial charge < -0.3 is 21.7 Å². The Morgan fingerprint density at radius 2 is 1.91 bits per heavy atom. The van der Waals surface area contributed by atoms with Crippen molar-refractivity contribution >= 4 is 35.0 Å². The van der Waals surface area contributed by atoms with E-state index in [1.165, 1.54) is 11.8 Å². The van der Waals surface area contributed by atoms with Gasteiger partial charge in [-0.15, -0.1) is 0 Å². The lowest BCUT2D eigenvalue weighted by Crippen LogP contribution is -2.32. The highest BCUT2D eigenvalue weighted by Gasteiger charge is 2.21. The first-order chi connectivity index (χ1) is 15.2. The minimum absolute atomic E-state index is 0.000216. The highest BCUT2D eigenvalue weighted by molar-refractivity contribution is 6.00. The van der Waals surface area contributed by atoms with E-state index in [9.17, 15) is 9.59 Å². The van der Waals surface area contributed by atoms with Crippen molar-refractivity contribution in [2.45, 2.75) is 32.6 Å². The number of aromatic nitrogens is 2. The van der Waals surface area contributed by atoms with E-state index in [4.69, 9.17) is 5.73 Å². The van der Waals surface area contributed by atoms with E-state index in [0.29, 0.717) is 30.2 Å². The molecule has 0 atom stereocenters. The number of carbonyl (C=O) groups excluding carboxylic acids is 2. The van der Waals surface area contributed by atoms with E-state index in [1.54, 1.807) is 12.1 Å². The fraction of sp³-hybridized carbons (Fsp3) is 0.250. The van der Waals surface area contributed by atoms with Crippen LogP contribution in [0.1, 0.15) is 52.6 Å². The Morgan fingerprint density at radius 3 is 2.66 bits per heavy atom. The molecule has 0 bridgehead atoms. The molecule has 2 amide bonds. The van der Waals surface area contributed by atoms with Crippen LogP contribution in [0.3, 0.4) is 0 Å². The number of hydrogen-bond donors (Lipinski definition) is 4. The average Bonchev–Trinajstić information content (AvgIpc) is 2.74. The summed E-state index contributed by atoms with van der Waals surface area (Å²) in [5.74, 6) is -0.155. The molecule has 2 aromatic carbocycles. The van der Waals surface area contributed by atoms with Crippen LogP contribution in [-0.4, -0.2) is 28.3 Å². The van der Waals surface area contributed by atoms with Gasteiger partial charge in [0, 0.05) is 29.7 Å². The molecule has 1 aliphatic rings. The molecule has 8 nitrogen and oxygen atoms in total. The lowest BCUT2D eigenvalue weighted by atomic mass is 9.87. The van der Waals surface area contributed by atoms with Gasteiger partial charge in [0.25, 0.3) is 11.8 Å². The lowest BCUT2D eigenvalue weighted by Gasteiger charge is -2.21. The molecule has 0 fully saturated rings. The topological polar surface area (TPSA) is 122 Å². The second-order valence-corrected chi connectivity index (χ2v) is 8.74. The summed E-state index contributed by atoms with van der Waals surface area (Å²) in [4.78, 5) is 32.9. The van der Waals surface area contributed by atoms with E-state index in [1.807, 2.05) is 24.3 Å². The number of fused-ring (bicyclic) bond motifs is 1. The Hall–Kier alpha value is -3.94. The molecule has 0 saturated heterocycles. The highest BCUT2D eigenvalue weighted by atomic mass is 16.2. The summed E-state index contributed by atoms with van der Waals surface area (Å²) < 4.78 is 0. The summed E-state index contributed by atoms with van der Waals surface area (Å²) in [6, 6.07) is 13.4. The van der Waals surface area contributed by atoms with Gasteiger partial charge in [-0.1, -0.05) is 39.0 Å². The number of primary amides is 1. The molecule has 8 heteroatoms.